The van der Waals surface area contributed by atoms with Crippen molar-refractivity contribution in [3.8, 4) is 0 Å². The summed E-state index contributed by atoms with van der Waals surface area (Å²) in [6, 6.07) is 17.6. The Balaban J connectivity index is 0.000000352. The van der Waals surface area contributed by atoms with Gasteiger partial charge < -0.3 is 15.1 Å². The molecule has 0 aromatic heterocycles. The molecule has 3 rings (SSSR count). The summed E-state index contributed by atoms with van der Waals surface area (Å²) in [5.41, 5.74) is 6.98. The van der Waals surface area contributed by atoms with E-state index < -0.39 is 11.9 Å². The molecule has 0 saturated carbocycles. The van der Waals surface area contributed by atoms with Crippen molar-refractivity contribution >= 4 is 23.6 Å². The zero-order valence-corrected chi connectivity index (χ0v) is 15.1. The molecule has 2 aromatic carbocycles. The van der Waals surface area contributed by atoms with E-state index >= 15 is 0 Å². The molecule has 1 aliphatic carbocycles. The number of rotatable bonds is 2. The molecule has 5 nitrogen and oxygen atoms in total. The molecule has 1 atom stereocenters. The monoisotopic (exact) mass is 353 g/mol. The van der Waals surface area contributed by atoms with E-state index in [0.29, 0.717) is 5.92 Å². The van der Waals surface area contributed by atoms with Crippen LogP contribution in [0.3, 0.4) is 0 Å². The molecule has 1 unspecified atom stereocenters. The van der Waals surface area contributed by atoms with Crippen LogP contribution < -0.4 is 0 Å². The zero-order valence-electron chi connectivity index (χ0n) is 15.1. The highest BCUT2D eigenvalue weighted by Gasteiger charge is 2.23. The van der Waals surface area contributed by atoms with Crippen LogP contribution in [0.25, 0.3) is 11.6 Å². The summed E-state index contributed by atoms with van der Waals surface area (Å²) in [4.78, 5) is 20.5. The lowest BCUT2D eigenvalue weighted by atomic mass is 9.87. The first-order chi connectivity index (χ1) is 12.3. The normalized spacial score (nSPS) is 14.9. The number of benzene rings is 2. The second-order valence-electron chi connectivity index (χ2n) is 6.47. The van der Waals surface area contributed by atoms with Crippen LogP contribution in [-0.4, -0.2) is 47.7 Å². The number of likely N-dealkylation sites (N-methyl/N-ethyl adjacent to an activating group) is 1. The highest BCUT2D eigenvalue weighted by Crippen LogP contribution is 2.37. The number of hydrogen-bond acceptors (Lipinski definition) is 3. The van der Waals surface area contributed by atoms with Gasteiger partial charge in [0.2, 0.25) is 0 Å². The van der Waals surface area contributed by atoms with Crippen LogP contribution in [0.5, 0.6) is 0 Å². The number of carboxylic acid groups (broad SMARTS) is 2. The van der Waals surface area contributed by atoms with Gasteiger partial charge in [0.15, 0.2) is 0 Å². The average Bonchev–Trinajstić information content (AvgIpc) is 2.71. The van der Waals surface area contributed by atoms with E-state index in [1.807, 2.05) is 0 Å². The van der Waals surface area contributed by atoms with E-state index in [1.54, 1.807) is 0 Å². The number of carboxylic acids is 2. The number of fused-ring (bicyclic) bond motifs is 2. The Kier molecular flexibility index (Phi) is 6.31. The summed E-state index contributed by atoms with van der Waals surface area (Å²) in [5.74, 6) is -3.21. The molecule has 0 fully saturated rings. The Labute approximate surface area is 153 Å². The van der Waals surface area contributed by atoms with Gasteiger partial charge in [-0.25, -0.2) is 9.59 Å². The average molecular weight is 353 g/mol. The highest BCUT2D eigenvalue weighted by molar-refractivity contribution is 6.27. The third-order valence-electron chi connectivity index (χ3n) is 4.24. The van der Waals surface area contributed by atoms with Gasteiger partial charge in [-0.3, -0.25) is 0 Å². The molecular formula is C21H23NO4. The maximum Gasteiger partial charge on any atom is 0.414 e. The van der Waals surface area contributed by atoms with Gasteiger partial charge in [-0.15, -0.1) is 0 Å². The first-order valence-electron chi connectivity index (χ1n) is 8.28. The molecular weight excluding hydrogens is 330 g/mol. The van der Waals surface area contributed by atoms with Gasteiger partial charge in [-0.2, -0.15) is 0 Å². The van der Waals surface area contributed by atoms with E-state index in [1.165, 1.54) is 27.8 Å². The van der Waals surface area contributed by atoms with Gasteiger partial charge in [0, 0.05) is 12.5 Å². The fourth-order valence-electron chi connectivity index (χ4n) is 3.16. The van der Waals surface area contributed by atoms with E-state index in [-0.39, 0.29) is 0 Å². The minimum absolute atomic E-state index is 0.436. The number of carbonyl (C=O) groups is 2. The van der Waals surface area contributed by atoms with Crippen molar-refractivity contribution in [2.75, 3.05) is 20.6 Å². The largest absolute Gasteiger partial charge is 0.473 e. The van der Waals surface area contributed by atoms with Gasteiger partial charge in [0.05, 0.1) is 0 Å². The minimum atomic E-state index is -1.82. The van der Waals surface area contributed by atoms with Crippen LogP contribution >= 0.6 is 0 Å². The second-order valence-corrected chi connectivity index (χ2v) is 6.47. The lowest BCUT2D eigenvalue weighted by Gasteiger charge is -2.24. The van der Waals surface area contributed by atoms with Crippen molar-refractivity contribution in [3.05, 3.63) is 70.8 Å². The van der Waals surface area contributed by atoms with E-state index in [9.17, 15) is 0 Å². The molecule has 0 bridgehead atoms. The van der Waals surface area contributed by atoms with Crippen LogP contribution in [0, 0.1) is 0 Å². The minimum Gasteiger partial charge on any atom is -0.473 e. The summed E-state index contributed by atoms with van der Waals surface area (Å²) in [6.45, 7) is 3.25. The molecule has 2 N–H and O–H groups in total. The SMILES string of the molecule is CC1=Cc2ccccc2C(CN(C)C)c2ccccc21.O=C(O)C(=O)O. The van der Waals surface area contributed by atoms with Gasteiger partial charge in [-0.1, -0.05) is 54.6 Å². The third kappa shape index (κ3) is 4.58. The van der Waals surface area contributed by atoms with Crippen molar-refractivity contribution in [2.24, 2.45) is 0 Å². The molecule has 0 spiro atoms. The Hall–Kier alpha value is -2.92. The topological polar surface area (TPSA) is 77.8 Å². The Morgan fingerprint density at radius 3 is 2.04 bits per heavy atom. The van der Waals surface area contributed by atoms with E-state index in [4.69, 9.17) is 19.8 Å². The standard InChI is InChI=1S/C19H21N.C2H2O4/c1-14-12-15-8-4-5-10-17(15)19(13-20(2)3)18-11-7-6-9-16(14)18;3-1(4)2(5)6/h4-12,19H,13H2,1-3H3;(H,3,4)(H,5,6). The smallest absolute Gasteiger partial charge is 0.414 e. The quantitative estimate of drug-likeness (QED) is 0.809. The van der Waals surface area contributed by atoms with Crippen LogP contribution in [0.1, 0.15) is 35.1 Å². The molecule has 2 aromatic rings. The second kappa shape index (κ2) is 8.45. The van der Waals surface area contributed by atoms with E-state index in [2.05, 4.69) is 80.5 Å². The zero-order chi connectivity index (χ0) is 19.3. The molecule has 0 amide bonds. The molecule has 26 heavy (non-hydrogen) atoms. The summed E-state index contributed by atoms with van der Waals surface area (Å²) in [6.07, 6.45) is 2.32. The summed E-state index contributed by atoms with van der Waals surface area (Å²) in [7, 11) is 4.30. The first-order valence-corrected chi connectivity index (χ1v) is 8.28. The van der Waals surface area contributed by atoms with Crippen LogP contribution in [0.4, 0.5) is 0 Å². The van der Waals surface area contributed by atoms with Gasteiger partial charge in [0.25, 0.3) is 0 Å². The summed E-state index contributed by atoms with van der Waals surface area (Å²) >= 11 is 0. The predicted molar refractivity (Wildman–Crippen MR) is 102 cm³/mol. The van der Waals surface area contributed by atoms with Crippen molar-refractivity contribution in [3.63, 3.8) is 0 Å². The number of hydrogen-bond donors (Lipinski definition) is 2. The maximum absolute atomic E-state index is 9.10. The fourth-order valence-corrected chi connectivity index (χ4v) is 3.16. The molecule has 1 aliphatic rings. The van der Waals surface area contributed by atoms with Crippen LogP contribution in [-0.2, 0) is 9.59 Å². The fraction of sp³-hybridized carbons (Fsp3) is 0.238. The molecule has 0 aliphatic heterocycles. The summed E-state index contributed by atoms with van der Waals surface area (Å²) < 4.78 is 0. The van der Waals surface area contributed by atoms with Crippen molar-refractivity contribution in [1.82, 2.24) is 4.90 Å². The van der Waals surface area contributed by atoms with Crippen LogP contribution in [0.2, 0.25) is 0 Å². The van der Waals surface area contributed by atoms with Crippen molar-refractivity contribution < 1.29 is 19.8 Å². The van der Waals surface area contributed by atoms with Crippen molar-refractivity contribution in [1.29, 1.82) is 0 Å². The first kappa shape index (κ1) is 19.4. The maximum atomic E-state index is 9.10. The highest BCUT2D eigenvalue weighted by atomic mass is 16.4. The van der Waals surface area contributed by atoms with Gasteiger partial charge in [-0.05, 0) is 48.8 Å². The predicted octanol–water partition coefficient (Wildman–Crippen LogP) is 3.41. The molecule has 0 radical (unpaired) electrons. The number of nitrogens with zero attached hydrogens (tertiary/aromatic N) is 1. The number of allylic oxidation sites excluding steroid dienone is 1. The molecule has 136 valence electrons. The molecule has 0 heterocycles. The van der Waals surface area contributed by atoms with E-state index in [0.717, 1.165) is 6.54 Å². The lowest BCUT2D eigenvalue weighted by molar-refractivity contribution is -0.159. The third-order valence-corrected chi connectivity index (χ3v) is 4.24. The van der Waals surface area contributed by atoms with Gasteiger partial charge in [0.1, 0.15) is 0 Å². The molecule has 5 heteroatoms. The summed E-state index contributed by atoms with van der Waals surface area (Å²) in [5, 5.41) is 14.8. The number of aliphatic carboxylic acids is 2. The Morgan fingerprint density at radius 1 is 0.923 bits per heavy atom. The van der Waals surface area contributed by atoms with Gasteiger partial charge >= 0.3 is 11.9 Å². The van der Waals surface area contributed by atoms with Crippen LogP contribution in [0.15, 0.2) is 48.5 Å². The van der Waals surface area contributed by atoms with Crippen molar-refractivity contribution in [2.45, 2.75) is 12.8 Å². The Bertz CT molecular complexity index is 827. The Morgan fingerprint density at radius 2 is 1.46 bits per heavy atom. The molecule has 0 saturated heterocycles. The lowest BCUT2D eigenvalue weighted by Crippen LogP contribution is -2.22.